The Balaban J connectivity index is 1.53. The van der Waals surface area contributed by atoms with Crippen molar-refractivity contribution in [2.24, 2.45) is 5.10 Å². The largest absolute Gasteiger partial charge is 0.483 e. The molecule has 9 nitrogen and oxygen atoms in total. The van der Waals surface area contributed by atoms with Crippen LogP contribution in [0.4, 0.5) is 5.69 Å². The highest BCUT2D eigenvalue weighted by atomic mass is 35.5. The molecule has 2 aromatic rings. The van der Waals surface area contributed by atoms with Gasteiger partial charge in [0, 0.05) is 23.7 Å². The van der Waals surface area contributed by atoms with E-state index >= 15 is 0 Å². The van der Waals surface area contributed by atoms with Gasteiger partial charge in [0.15, 0.2) is 6.61 Å². The lowest BCUT2D eigenvalue weighted by atomic mass is 10.2. The number of amides is 3. The van der Waals surface area contributed by atoms with E-state index in [-0.39, 0.29) is 30.0 Å². The molecule has 3 amide bonds. The van der Waals surface area contributed by atoms with E-state index in [1.165, 1.54) is 12.3 Å². The van der Waals surface area contributed by atoms with E-state index < -0.39 is 17.7 Å². The smallest absolute Gasteiger partial charge is 0.329 e. The van der Waals surface area contributed by atoms with Crippen LogP contribution in [-0.4, -0.2) is 49.8 Å². The molecule has 1 saturated heterocycles. The summed E-state index contributed by atoms with van der Waals surface area (Å²) in [7, 11) is 0. The van der Waals surface area contributed by atoms with Gasteiger partial charge in [-0.25, -0.2) is 5.43 Å². The van der Waals surface area contributed by atoms with E-state index in [9.17, 15) is 14.4 Å². The molecule has 0 aromatic heterocycles. The van der Waals surface area contributed by atoms with Crippen LogP contribution < -0.4 is 20.8 Å². The van der Waals surface area contributed by atoms with Crippen molar-refractivity contribution in [2.45, 2.75) is 18.9 Å². The van der Waals surface area contributed by atoms with Crippen molar-refractivity contribution in [3.63, 3.8) is 0 Å². The second-order valence-electron chi connectivity index (χ2n) is 7.16. The maximum absolute atomic E-state index is 12.3. The first-order chi connectivity index (χ1) is 16.3. The Morgan fingerprint density at radius 1 is 1.15 bits per heavy atom. The summed E-state index contributed by atoms with van der Waals surface area (Å²) in [6.07, 6.45) is 2.93. The number of nitrogens with one attached hydrogen (secondary N) is 3. The molecular weight excluding hydrogens is 507 g/mol. The van der Waals surface area contributed by atoms with Gasteiger partial charge in [0.2, 0.25) is 0 Å². The Hall–Kier alpha value is -2.85. The lowest BCUT2D eigenvalue weighted by molar-refractivity contribution is -0.139. The van der Waals surface area contributed by atoms with Crippen LogP contribution in [0.2, 0.25) is 15.1 Å². The van der Waals surface area contributed by atoms with Crippen molar-refractivity contribution < 1.29 is 23.9 Å². The zero-order valence-corrected chi connectivity index (χ0v) is 20.0. The number of benzene rings is 2. The predicted molar refractivity (Wildman–Crippen MR) is 130 cm³/mol. The quantitative estimate of drug-likeness (QED) is 0.276. The van der Waals surface area contributed by atoms with Crippen LogP contribution in [0.25, 0.3) is 0 Å². The zero-order valence-electron chi connectivity index (χ0n) is 17.8. The van der Waals surface area contributed by atoms with Gasteiger partial charge in [0.25, 0.3) is 5.91 Å². The van der Waals surface area contributed by atoms with Gasteiger partial charge in [-0.2, -0.15) is 5.10 Å². The Morgan fingerprint density at radius 2 is 1.97 bits per heavy atom. The molecule has 0 radical (unpaired) electrons. The molecular formula is C22H21Cl3N4O5. The third kappa shape index (κ3) is 7.59. The highest BCUT2D eigenvalue weighted by molar-refractivity contribution is 6.44. The van der Waals surface area contributed by atoms with Crippen molar-refractivity contribution in [2.75, 3.05) is 25.1 Å². The molecule has 1 aliphatic heterocycles. The summed E-state index contributed by atoms with van der Waals surface area (Å²) in [6.45, 7) is 0.561. The second-order valence-corrected chi connectivity index (χ2v) is 8.39. The van der Waals surface area contributed by atoms with Gasteiger partial charge in [-0.1, -0.05) is 40.9 Å². The van der Waals surface area contributed by atoms with E-state index in [4.69, 9.17) is 44.3 Å². The fraction of sp³-hybridized carbons (Fsp3) is 0.273. The SMILES string of the molecule is O=C(COc1ccc(Cl)cc1/C=N\NC(=O)C(=O)NC[C@@H]1CCCO1)Nc1cccc(Cl)c1Cl. The molecule has 3 rings (SSSR count). The average molecular weight is 528 g/mol. The van der Waals surface area contributed by atoms with Crippen LogP contribution in [0.15, 0.2) is 41.5 Å². The summed E-state index contributed by atoms with van der Waals surface area (Å²) >= 11 is 18.0. The van der Waals surface area contributed by atoms with Gasteiger partial charge < -0.3 is 20.1 Å². The van der Waals surface area contributed by atoms with E-state index in [2.05, 4.69) is 21.2 Å². The van der Waals surface area contributed by atoms with Gasteiger partial charge in [-0.3, -0.25) is 14.4 Å². The van der Waals surface area contributed by atoms with Gasteiger partial charge in [-0.15, -0.1) is 0 Å². The first-order valence-corrected chi connectivity index (χ1v) is 11.4. The van der Waals surface area contributed by atoms with Gasteiger partial charge in [-0.05, 0) is 43.2 Å². The van der Waals surface area contributed by atoms with Gasteiger partial charge in [0.1, 0.15) is 5.75 Å². The number of anilines is 1. The third-order valence-electron chi connectivity index (χ3n) is 4.65. The minimum atomic E-state index is -0.934. The van der Waals surface area contributed by atoms with Gasteiger partial charge in [0.05, 0.1) is 28.1 Å². The summed E-state index contributed by atoms with van der Waals surface area (Å²) in [5, 5.41) is 9.77. The first-order valence-electron chi connectivity index (χ1n) is 10.2. The molecule has 0 spiro atoms. The number of hydrazone groups is 1. The minimum absolute atomic E-state index is 0.0847. The van der Waals surface area contributed by atoms with E-state index in [0.717, 1.165) is 12.8 Å². The number of hydrogen-bond donors (Lipinski definition) is 3. The van der Waals surface area contributed by atoms with Crippen LogP contribution in [-0.2, 0) is 19.1 Å². The van der Waals surface area contributed by atoms with Crippen LogP contribution in [0.3, 0.4) is 0 Å². The van der Waals surface area contributed by atoms with Crippen molar-refractivity contribution in [3.8, 4) is 5.75 Å². The number of nitrogens with zero attached hydrogens (tertiary/aromatic N) is 1. The van der Waals surface area contributed by atoms with Crippen LogP contribution in [0, 0.1) is 0 Å². The van der Waals surface area contributed by atoms with Gasteiger partial charge >= 0.3 is 11.8 Å². The molecule has 1 aliphatic rings. The van der Waals surface area contributed by atoms with E-state index in [1.807, 2.05) is 0 Å². The molecule has 0 bridgehead atoms. The fourth-order valence-corrected chi connectivity index (χ4v) is 3.51. The third-order valence-corrected chi connectivity index (χ3v) is 5.70. The summed E-state index contributed by atoms with van der Waals surface area (Å²) in [6, 6.07) is 9.48. The maximum atomic E-state index is 12.3. The first kappa shape index (κ1) is 25.8. The van der Waals surface area contributed by atoms with Crippen molar-refractivity contribution in [3.05, 3.63) is 57.0 Å². The molecule has 34 heavy (non-hydrogen) atoms. The highest BCUT2D eigenvalue weighted by Gasteiger charge is 2.19. The summed E-state index contributed by atoms with van der Waals surface area (Å²) in [5.74, 6) is -1.96. The minimum Gasteiger partial charge on any atom is -0.483 e. The molecule has 0 unspecified atom stereocenters. The lowest BCUT2D eigenvalue weighted by Gasteiger charge is -2.11. The molecule has 3 N–H and O–H groups in total. The second kappa shape index (κ2) is 12.6. The molecule has 2 aromatic carbocycles. The topological polar surface area (TPSA) is 118 Å². The maximum Gasteiger partial charge on any atom is 0.329 e. The molecule has 1 atom stereocenters. The van der Waals surface area contributed by atoms with Crippen molar-refractivity contribution >= 4 is 64.4 Å². The molecule has 0 saturated carbocycles. The Kier molecular flexibility index (Phi) is 9.52. The van der Waals surface area contributed by atoms with Crippen molar-refractivity contribution in [1.29, 1.82) is 0 Å². The zero-order chi connectivity index (χ0) is 24.5. The number of rotatable bonds is 8. The van der Waals surface area contributed by atoms with Crippen LogP contribution >= 0.6 is 34.8 Å². The molecule has 12 heteroatoms. The highest BCUT2D eigenvalue weighted by Crippen LogP contribution is 2.29. The standard InChI is InChI=1S/C22H21Cl3N4O5/c23-14-6-7-18(34-12-19(30)28-17-5-1-4-16(24)20(17)25)13(9-14)10-27-29-22(32)21(31)26-11-15-3-2-8-33-15/h1,4-7,9-10,15H,2-3,8,11-12H2,(H,26,31)(H,28,30)(H,29,32)/b27-10-/t15-/m0/s1. The predicted octanol–water partition coefficient (Wildman–Crippen LogP) is 3.41. The number of carbonyl (C=O) groups excluding carboxylic acids is 3. The Labute approximate surface area is 210 Å². The summed E-state index contributed by atoms with van der Waals surface area (Å²) < 4.78 is 10.9. The lowest BCUT2D eigenvalue weighted by Crippen LogP contribution is -2.41. The average Bonchev–Trinajstić information content (AvgIpc) is 3.33. The number of hydrogen-bond acceptors (Lipinski definition) is 6. The Morgan fingerprint density at radius 3 is 2.74 bits per heavy atom. The monoisotopic (exact) mass is 526 g/mol. The fourth-order valence-electron chi connectivity index (χ4n) is 2.98. The number of ether oxygens (including phenoxy) is 2. The molecule has 0 aliphatic carbocycles. The van der Waals surface area contributed by atoms with Crippen molar-refractivity contribution in [1.82, 2.24) is 10.7 Å². The van der Waals surface area contributed by atoms with E-state index in [1.54, 1.807) is 30.3 Å². The normalized spacial score (nSPS) is 15.2. The molecule has 180 valence electrons. The Bertz CT molecular complexity index is 1090. The van der Waals surface area contributed by atoms with E-state index in [0.29, 0.717) is 27.9 Å². The summed E-state index contributed by atoms with van der Waals surface area (Å²) in [4.78, 5) is 36.1. The van der Waals surface area contributed by atoms with Crippen LogP contribution in [0.5, 0.6) is 5.75 Å². The number of carbonyl (C=O) groups is 3. The molecule has 1 heterocycles. The van der Waals surface area contributed by atoms with Crippen LogP contribution in [0.1, 0.15) is 18.4 Å². The number of halogens is 3. The summed E-state index contributed by atoms with van der Waals surface area (Å²) in [5.41, 5.74) is 2.86. The molecule has 1 fully saturated rings.